The summed E-state index contributed by atoms with van der Waals surface area (Å²) in [6.07, 6.45) is 1.62. The van der Waals surface area contributed by atoms with E-state index < -0.39 is 5.79 Å². The Morgan fingerprint density at radius 2 is 2.12 bits per heavy atom. The SMILES string of the molecule is CC1=COC(C)(C)O1. The molecule has 0 saturated heterocycles. The molecule has 0 fully saturated rings. The van der Waals surface area contributed by atoms with Crippen LogP contribution in [0.1, 0.15) is 20.8 Å². The Labute approximate surface area is 49.1 Å². The van der Waals surface area contributed by atoms with Gasteiger partial charge in [0.2, 0.25) is 5.79 Å². The Morgan fingerprint density at radius 3 is 2.25 bits per heavy atom. The van der Waals surface area contributed by atoms with Crippen molar-refractivity contribution in [3.05, 3.63) is 12.0 Å². The van der Waals surface area contributed by atoms with E-state index in [4.69, 9.17) is 9.47 Å². The van der Waals surface area contributed by atoms with Gasteiger partial charge >= 0.3 is 0 Å². The van der Waals surface area contributed by atoms with Crippen LogP contribution >= 0.6 is 0 Å². The molecule has 1 aliphatic rings. The normalized spacial score (nSPS) is 23.6. The lowest BCUT2D eigenvalue weighted by Crippen LogP contribution is -2.19. The molecule has 0 spiro atoms. The third kappa shape index (κ3) is 0.941. The lowest BCUT2D eigenvalue weighted by Gasteiger charge is -2.16. The van der Waals surface area contributed by atoms with E-state index >= 15 is 0 Å². The fraction of sp³-hybridized carbons (Fsp3) is 0.667. The number of rotatable bonds is 0. The van der Waals surface area contributed by atoms with Crippen molar-refractivity contribution >= 4 is 0 Å². The summed E-state index contributed by atoms with van der Waals surface area (Å²) in [5, 5.41) is 0. The summed E-state index contributed by atoms with van der Waals surface area (Å²) in [4.78, 5) is 0. The highest BCUT2D eigenvalue weighted by Gasteiger charge is 2.24. The predicted octanol–water partition coefficient (Wildman–Crippen LogP) is 1.63. The van der Waals surface area contributed by atoms with Crippen LogP contribution in [0.25, 0.3) is 0 Å². The molecule has 0 N–H and O–H groups in total. The van der Waals surface area contributed by atoms with E-state index in [-0.39, 0.29) is 0 Å². The van der Waals surface area contributed by atoms with Crippen molar-refractivity contribution in [1.29, 1.82) is 0 Å². The molecule has 2 heteroatoms. The first kappa shape index (κ1) is 5.48. The number of ether oxygens (including phenoxy) is 2. The Kier molecular flexibility index (Phi) is 0.962. The molecule has 1 heterocycles. The van der Waals surface area contributed by atoms with Gasteiger partial charge < -0.3 is 9.47 Å². The molecule has 0 aliphatic carbocycles. The molecule has 0 aromatic heterocycles. The van der Waals surface area contributed by atoms with Gasteiger partial charge in [0.25, 0.3) is 0 Å². The highest BCUT2D eigenvalue weighted by molar-refractivity contribution is 4.90. The Bertz CT molecular complexity index is 124. The van der Waals surface area contributed by atoms with E-state index in [1.807, 2.05) is 20.8 Å². The molecular formula is C6H10O2. The molecule has 8 heavy (non-hydrogen) atoms. The quantitative estimate of drug-likeness (QED) is 0.476. The molecule has 0 aromatic rings. The summed E-state index contributed by atoms with van der Waals surface area (Å²) < 4.78 is 10.3. The van der Waals surface area contributed by atoms with E-state index in [0.717, 1.165) is 5.76 Å². The van der Waals surface area contributed by atoms with Crippen LogP contribution in [0, 0.1) is 0 Å². The fourth-order valence-corrected chi connectivity index (χ4v) is 0.661. The summed E-state index contributed by atoms with van der Waals surface area (Å²) >= 11 is 0. The van der Waals surface area contributed by atoms with Crippen molar-refractivity contribution in [1.82, 2.24) is 0 Å². The monoisotopic (exact) mass is 114 g/mol. The van der Waals surface area contributed by atoms with Gasteiger partial charge in [-0.2, -0.15) is 0 Å². The van der Waals surface area contributed by atoms with Crippen molar-refractivity contribution in [2.75, 3.05) is 0 Å². The third-order valence-corrected chi connectivity index (χ3v) is 0.915. The minimum absolute atomic E-state index is 0.427. The van der Waals surface area contributed by atoms with Crippen LogP contribution in [0.5, 0.6) is 0 Å². The Balaban J connectivity index is 2.55. The van der Waals surface area contributed by atoms with Crippen LogP contribution in [0.3, 0.4) is 0 Å². The summed E-state index contributed by atoms with van der Waals surface area (Å²) in [6, 6.07) is 0. The third-order valence-electron chi connectivity index (χ3n) is 0.915. The lowest BCUT2D eigenvalue weighted by atomic mass is 10.4. The second-order valence-corrected chi connectivity index (χ2v) is 2.35. The van der Waals surface area contributed by atoms with Crippen molar-refractivity contribution in [3.8, 4) is 0 Å². The van der Waals surface area contributed by atoms with Crippen LogP contribution in [0.2, 0.25) is 0 Å². The minimum Gasteiger partial charge on any atom is -0.457 e. The van der Waals surface area contributed by atoms with Crippen LogP contribution in [-0.4, -0.2) is 5.79 Å². The van der Waals surface area contributed by atoms with E-state index in [9.17, 15) is 0 Å². The van der Waals surface area contributed by atoms with Gasteiger partial charge in [-0.15, -0.1) is 0 Å². The van der Waals surface area contributed by atoms with Gasteiger partial charge in [0, 0.05) is 13.8 Å². The zero-order valence-corrected chi connectivity index (χ0v) is 5.39. The standard InChI is InChI=1S/C6H10O2/c1-5-4-7-6(2,3)8-5/h4H,1-3H3. The van der Waals surface area contributed by atoms with Crippen LogP contribution in [0.4, 0.5) is 0 Å². The second kappa shape index (κ2) is 1.41. The fourth-order valence-electron chi connectivity index (χ4n) is 0.661. The molecule has 1 rings (SSSR count). The number of hydrogen-bond acceptors (Lipinski definition) is 2. The summed E-state index contributed by atoms with van der Waals surface area (Å²) in [6.45, 7) is 5.62. The first-order valence-electron chi connectivity index (χ1n) is 2.64. The molecule has 46 valence electrons. The van der Waals surface area contributed by atoms with E-state index in [1.165, 1.54) is 0 Å². The van der Waals surface area contributed by atoms with Gasteiger partial charge in [0.05, 0.1) is 0 Å². The van der Waals surface area contributed by atoms with Gasteiger partial charge in [0.15, 0.2) is 0 Å². The van der Waals surface area contributed by atoms with Crippen molar-refractivity contribution in [3.63, 3.8) is 0 Å². The van der Waals surface area contributed by atoms with Gasteiger partial charge in [-0.25, -0.2) is 0 Å². The highest BCUT2D eigenvalue weighted by Crippen LogP contribution is 2.22. The number of hydrogen-bond donors (Lipinski definition) is 0. The van der Waals surface area contributed by atoms with Gasteiger partial charge in [-0.1, -0.05) is 0 Å². The molecular weight excluding hydrogens is 104 g/mol. The van der Waals surface area contributed by atoms with Crippen molar-refractivity contribution in [2.24, 2.45) is 0 Å². The summed E-state index contributed by atoms with van der Waals surface area (Å²) in [7, 11) is 0. The summed E-state index contributed by atoms with van der Waals surface area (Å²) in [5.41, 5.74) is 0. The molecule has 0 amide bonds. The molecule has 0 unspecified atom stereocenters. The second-order valence-electron chi connectivity index (χ2n) is 2.35. The molecule has 0 aromatic carbocycles. The number of allylic oxidation sites excluding steroid dienone is 1. The molecule has 1 aliphatic heterocycles. The molecule has 0 radical (unpaired) electrons. The molecule has 2 nitrogen and oxygen atoms in total. The van der Waals surface area contributed by atoms with Crippen molar-refractivity contribution in [2.45, 2.75) is 26.6 Å². The van der Waals surface area contributed by atoms with Crippen LogP contribution in [-0.2, 0) is 9.47 Å². The van der Waals surface area contributed by atoms with Crippen LogP contribution in [0.15, 0.2) is 12.0 Å². The predicted molar refractivity (Wildman–Crippen MR) is 30.0 cm³/mol. The maximum absolute atomic E-state index is 5.19. The van der Waals surface area contributed by atoms with E-state index in [2.05, 4.69) is 0 Å². The highest BCUT2D eigenvalue weighted by atomic mass is 16.7. The lowest BCUT2D eigenvalue weighted by molar-refractivity contribution is -0.115. The zero-order valence-electron chi connectivity index (χ0n) is 5.39. The first-order chi connectivity index (χ1) is 3.60. The smallest absolute Gasteiger partial charge is 0.244 e. The Morgan fingerprint density at radius 1 is 1.50 bits per heavy atom. The Hall–Kier alpha value is -0.660. The zero-order chi connectivity index (χ0) is 6.20. The van der Waals surface area contributed by atoms with Crippen LogP contribution < -0.4 is 0 Å². The van der Waals surface area contributed by atoms with E-state index in [1.54, 1.807) is 6.26 Å². The maximum atomic E-state index is 5.19. The van der Waals surface area contributed by atoms with Gasteiger partial charge in [0.1, 0.15) is 12.0 Å². The first-order valence-corrected chi connectivity index (χ1v) is 2.64. The largest absolute Gasteiger partial charge is 0.457 e. The van der Waals surface area contributed by atoms with Gasteiger partial charge in [-0.05, 0) is 6.92 Å². The molecule has 0 bridgehead atoms. The van der Waals surface area contributed by atoms with E-state index in [0.29, 0.717) is 0 Å². The average Bonchev–Trinajstić information content (AvgIpc) is 1.82. The average molecular weight is 114 g/mol. The minimum atomic E-state index is -0.427. The van der Waals surface area contributed by atoms with Gasteiger partial charge in [-0.3, -0.25) is 0 Å². The molecule has 0 atom stereocenters. The van der Waals surface area contributed by atoms with Crippen molar-refractivity contribution < 1.29 is 9.47 Å². The molecule has 0 saturated carbocycles. The maximum Gasteiger partial charge on any atom is 0.244 e. The summed E-state index contributed by atoms with van der Waals surface area (Å²) in [5.74, 6) is 0.416. The topological polar surface area (TPSA) is 18.5 Å².